The number of nitrogens with zero attached hydrogens (tertiary/aromatic N) is 2. The van der Waals surface area contributed by atoms with Crippen molar-refractivity contribution in [1.82, 2.24) is 14.5 Å². The standard InChI is InChI=1S/C24H44N4O4S/c1-23(2,17-32-21-11-7-8-13-31-21)19(25)14-20(29)26-22(30)24(3,4)27(5)15-18-10-9-12-28(16-18)33-6/h14,18,21H,7-13,15-17,25H2,1-6H3,(H,26,29,30)/t18-,21?/m0/s1. The molecule has 2 fully saturated rings. The van der Waals surface area contributed by atoms with Gasteiger partial charge in [-0.15, -0.1) is 0 Å². The predicted molar refractivity (Wildman–Crippen MR) is 133 cm³/mol. The molecule has 0 aromatic carbocycles. The van der Waals surface area contributed by atoms with E-state index in [-0.39, 0.29) is 12.2 Å². The highest BCUT2D eigenvalue weighted by Crippen LogP contribution is 2.26. The van der Waals surface area contributed by atoms with Crippen LogP contribution in [0.3, 0.4) is 0 Å². The molecule has 2 rings (SSSR count). The number of hydrogen-bond donors (Lipinski definition) is 2. The van der Waals surface area contributed by atoms with E-state index in [9.17, 15) is 9.59 Å². The first-order valence-corrected chi connectivity index (χ1v) is 13.2. The van der Waals surface area contributed by atoms with Crippen LogP contribution in [0, 0.1) is 11.3 Å². The highest BCUT2D eigenvalue weighted by molar-refractivity contribution is 7.96. The van der Waals surface area contributed by atoms with Gasteiger partial charge in [0.05, 0.1) is 12.1 Å². The molecule has 2 saturated heterocycles. The van der Waals surface area contributed by atoms with Crippen LogP contribution in [0.1, 0.15) is 59.8 Å². The maximum Gasteiger partial charge on any atom is 0.252 e. The first-order valence-electron chi connectivity index (χ1n) is 12.0. The number of nitrogens with one attached hydrogen (secondary N) is 1. The van der Waals surface area contributed by atoms with Gasteiger partial charge < -0.3 is 15.2 Å². The van der Waals surface area contributed by atoms with Gasteiger partial charge in [0.2, 0.25) is 5.91 Å². The minimum absolute atomic E-state index is 0.218. The quantitative estimate of drug-likeness (QED) is 0.361. The van der Waals surface area contributed by atoms with Gasteiger partial charge in [-0.05, 0) is 65.2 Å². The number of rotatable bonds is 10. The Balaban J connectivity index is 1.88. The smallest absolute Gasteiger partial charge is 0.252 e. The zero-order chi connectivity index (χ0) is 24.6. The largest absolute Gasteiger partial charge is 0.401 e. The molecule has 2 aliphatic heterocycles. The van der Waals surface area contributed by atoms with E-state index in [1.54, 1.807) is 11.9 Å². The fourth-order valence-electron chi connectivity index (χ4n) is 4.00. The second-order valence-electron chi connectivity index (χ2n) is 10.4. The van der Waals surface area contributed by atoms with Gasteiger partial charge >= 0.3 is 0 Å². The van der Waals surface area contributed by atoms with Crippen LogP contribution >= 0.6 is 11.9 Å². The van der Waals surface area contributed by atoms with Crippen LogP contribution in [-0.4, -0.2) is 79.0 Å². The number of likely N-dealkylation sites (N-methyl/N-ethyl adjacent to an activating group) is 1. The van der Waals surface area contributed by atoms with Crippen molar-refractivity contribution in [3.63, 3.8) is 0 Å². The van der Waals surface area contributed by atoms with Crippen molar-refractivity contribution < 1.29 is 19.1 Å². The Morgan fingerprint density at radius 3 is 2.61 bits per heavy atom. The second-order valence-corrected chi connectivity index (χ2v) is 11.3. The summed E-state index contributed by atoms with van der Waals surface area (Å²) < 4.78 is 13.8. The molecule has 33 heavy (non-hydrogen) atoms. The predicted octanol–water partition coefficient (Wildman–Crippen LogP) is 2.74. The highest BCUT2D eigenvalue weighted by Gasteiger charge is 2.35. The monoisotopic (exact) mass is 484 g/mol. The molecule has 190 valence electrons. The third kappa shape index (κ3) is 8.55. The third-order valence-electron chi connectivity index (χ3n) is 6.85. The molecular formula is C24H44N4O4S. The van der Waals surface area contributed by atoms with E-state index in [4.69, 9.17) is 15.2 Å². The van der Waals surface area contributed by atoms with Crippen molar-refractivity contribution in [1.29, 1.82) is 0 Å². The minimum Gasteiger partial charge on any atom is -0.401 e. The van der Waals surface area contributed by atoms with Crippen LogP contribution in [0.15, 0.2) is 11.8 Å². The first-order chi connectivity index (χ1) is 15.5. The number of carbonyl (C=O) groups is 2. The summed E-state index contributed by atoms with van der Waals surface area (Å²) in [6.45, 7) is 11.5. The summed E-state index contributed by atoms with van der Waals surface area (Å²) in [5, 5.41) is 2.51. The fourth-order valence-corrected chi connectivity index (χ4v) is 4.67. The molecular weight excluding hydrogens is 440 g/mol. The Kier molecular flexibility index (Phi) is 10.7. The van der Waals surface area contributed by atoms with Crippen molar-refractivity contribution in [3.8, 4) is 0 Å². The van der Waals surface area contributed by atoms with E-state index >= 15 is 0 Å². The Morgan fingerprint density at radius 2 is 1.97 bits per heavy atom. The Hall–Kier alpha value is -1.13. The van der Waals surface area contributed by atoms with E-state index in [1.807, 2.05) is 39.6 Å². The summed E-state index contributed by atoms with van der Waals surface area (Å²) in [4.78, 5) is 27.6. The number of piperidine rings is 1. The summed E-state index contributed by atoms with van der Waals surface area (Å²) in [5.41, 5.74) is 5.20. The first kappa shape index (κ1) is 28.1. The van der Waals surface area contributed by atoms with Crippen molar-refractivity contribution in [2.75, 3.05) is 46.2 Å². The van der Waals surface area contributed by atoms with Crippen LogP contribution in [0.25, 0.3) is 0 Å². The zero-order valence-corrected chi connectivity index (χ0v) is 22.1. The second kappa shape index (κ2) is 12.5. The van der Waals surface area contributed by atoms with E-state index in [0.29, 0.717) is 24.8 Å². The molecule has 0 bridgehead atoms. The number of imide groups is 1. The van der Waals surface area contributed by atoms with Crippen LogP contribution < -0.4 is 11.1 Å². The van der Waals surface area contributed by atoms with Gasteiger partial charge in [-0.25, -0.2) is 0 Å². The number of nitrogens with two attached hydrogens (primary N) is 1. The van der Waals surface area contributed by atoms with E-state index in [1.165, 1.54) is 12.5 Å². The number of hydrogen-bond acceptors (Lipinski definition) is 8. The van der Waals surface area contributed by atoms with Gasteiger partial charge in [0.15, 0.2) is 6.29 Å². The van der Waals surface area contributed by atoms with Crippen molar-refractivity contribution in [3.05, 3.63) is 11.8 Å². The molecule has 0 spiro atoms. The average Bonchev–Trinajstić information content (AvgIpc) is 2.78. The maximum absolute atomic E-state index is 12.9. The number of ether oxygens (including phenoxy) is 2. The summed E-state index contributed by atoms with van der Waals surface area (Å²) in [6.07, 6.45) is 8.52. The Bertz CT molecular complexity index is 692. The fraction of sp³-hybridized carbons (Fsp3) is 0.833. The van der Waals surface area contributed by atoms with E-state index < -0.39 is 16.9 Å². The van der Waals surface area contributed by atoms with Crippen LogP contribution in [-0.2, 0) is 19.1 Å². The molecule has 2 amide bonds. The molecule has 0 aliphatic carbocycles. The minimum atomic E-state index is -0.823. The molecule has 0 radical (unpaired) electrons. The van der Waals surface area contributed by atoms with Crippen LogP contribution in [0.4, 0.5) is 0 Å². The summed E-state index contributed by atoms with van der Waals surface area (Å²) in [5.74, 6) is -0.336. The van der Waals surface area contributed by atoms with Crippen molar-refractivity contribution in [2.45, 2.75) is 71.6 Å². The van der Waals surface area contributed by atoms with Gasteiger partial charge in [0.1, 0.15) is 0 Å². The molecule has 2 aliphatic rings. The number of amides is 2. The average molecular weight is 485 g/mol. The van der Waals surface area contributed by atoms with Crippen LogP contribution in [0.2, 0.25) is 0 Å². The molecule has 2 heterocycles. The molecule has 2 atom stereocenters. The summed E-state index contributed by atoms with van der Waals surface area (Å²) in [6, 6.07) is 0. The zero-order valence-electron chi connectivity index (χ0n) is 21.3. The van der Waals surface area contributed by atoms with Gasteiger partial charge in [-0.3, -0.25) is 24.1 Å². The summed E-state index contributed by atoms with van der Waals surface area (Å²) in [7, 11) is 1.94. The van der Waals surface area contributed by atoms with Crippen molar-refractivity contribution in [2.24, 2.45) is 17.1 Å². The topological polar surface area (TPSA) is 97.1 Å². The van der Waals surface area contributed by atoms with Crippen molar-refractivity contribution >= 4 is 23.8 Å². The molecule has 0 aromatic heterocycles. The van der Waals surface area contributed by atoms with Gasteiger partial charge in [-0.1, -0.05) is 25.8 Å². The molecule has 1 unspecified atom stereocenters. The lowest BCUT2D eigenvalue weighted by Gasteiger charge is -2.39. The normalized spacial score (nSPS) is 23.5. The third-order valence-corrected chi connectivity index (χ3v) is 7.70. The number of carbonyl (C=O) groups excluding carboxylic acids is 2. The molecule has 9 heteroatoms. The lowest BCUT2D eigenvalue weighted by molar-refractivity contribution is -0.173. The Labute approximate surface area is 204 Å². The highest BCUT2D eigenvalue weighted by atomic mass is 32.2. The SMILES string of the molecule is CSN1CCC[C@@H](CN(C)C(C)(C)C(=O)NC(=O)C=C(N)C(C)(C)COC2CCCCO2)C1. The van der Waals surface area contributed by atoms with E-state index in [0.717, 1.165) is 45.3 Å². The molecule has 3 N–H and O–H groups in total. The van der Waals surface area contributed by atoms with E-state index in [2.05, 4.69) is 15.9 Å². The van der Waals surface area contributed by atoms with Gasteiger partial charge in [0, 0.05) is 43.4 Å². The van der Waals surface area contributed by atoms with Gasteiger partial charge in [-0.2, -0.15) is 0 Å². The molecule has 0 aromatic rings. The Morgan fingerprint density at radius 1 is 1.24 bits per heavy atom. The maximum atomic E-state index is 12.9. The summed E-state index contributed by atoms with van der Waals surface area (Å²) >= 11 is 1.77. The lowest BCUT2D eigenvalue weighted by Crippen LogP contribution is -2.56. The van der Waals surface area contributed by atoms with Gasteiger partial charge in [0.25, 0.3) is 5.91 Å². The van der Waals surface area contributed by atoms with Crippen LogP contribution in [0.5, 0.6) is 0 Å². The lowest BCUT2D eigenvalue weighted by atomic mass is 9.90. The molecule has 0 saturated carbocycles. The molecule has 8 nitrogen and oxygen atoms in total.